The molecule has 3 aromatic heterocycles. The molecule has 0 atom stereocenters. The van der Waals surface area contributed by atoms with Gasteiger partial charge in [0.15, 0.2) is 0 Å². The molecular weight excluding hydrogens is 286 g/mol. The Bertz CT molecular complexity index is 702. The van der Waals surface area contributed by atoms with Crippen LogP contribution in [0.4, 0.5) is 0 Å². The lowest BCUT2D eigenvalue weighted by atomic mass is 10.2. The summed E-state index contributed by atoms with van der Waals surface area (Å²) in [4.78, 5) is 19.2. The van der Waals surface area contributed by atoms with Crippen molar-refractivity contribution in [1.29, 1.82) is 0 Å². The highest BCUT2D eigenvalue weighted by Gasteiger charge is 2.19. The van der Waals surface area contributed by atoms with Gasteiger partial charge in [-0.25, -0.2) is 4.98 Å². The maximum atomic E-state index is 12.5. The first-order chi connectivity index (χ1) is 10.3. The van der Waals surface area contributed by atoms with Crippen LogP contribution in [0.5, 0.6) is 0 Å². The van der Waals surface area contributed by atoms with Crippen LogP contribution in [0.1, 0.15) is 10.4 Å². The van der Waals surface area contributed by atoms with Gasteiger partial charge in [-0.3, -0.25) is 9.89 Å². The van der Waals surface area contributed by atoms with E-state index in [2.05, 4.69) is 15.2 Å². The number of aromatic nitrogens is 4. The lowest BCUT2D eigenvalue weighted by Gasteiger charge is -2.17. The molecule has 0 bridgehead atoms. The van der Waals surface area contributed by atoms with Gasteiger partial charge in [-0.1, -0.05) is 6.07 Å². The molecule has 0 spiro atoms. The number of thiophene rings is 1. The predicted molar refractivity (Wildman–Crippen MR) is 81.1 cm³/mol. The number of hydrogen-bond acceptors (Lipinski definition) is 4. The lowest BCUT2D eigenvalue weighted by molar-refractivity contribution is 0.0791. The Labute approximate surface area is 126 Å². The van der Waals surface area contributed by atoms with Crippen LogP contribution in [0.3, 0.4) is 0 Å². The van der Waals surface area contributed by atoms with Crippen molar-refractivity contribution in [2.75, 3.05) is 13.6 Å². The molecule has 0 aliphatic rings. The second kappa shape index (κ2) is 5.92. The van der Waals surface area contributed by atoms with Gasteiger partial charge >= 0.3 is 0 Å². The minimum absolute atomic E-state index is 0.0349. The van der Waals surface area contributed by atoms with Gasteiger partial charge in [0.05, 0.1) is 28.7 Å². The number of hydrogen-bond donors (Lipinski definition) is 1. The largest absolute Gasteiger partial charge is 0.340 e. The number of likely N-dealkylation sites (N-methyl/N-ethyl adjacent to an activating group) is 1. The minimum atomic E-state index is -0.0349. The van der Waals surface area contributed by atoms with E-state index in [0.717, 1.165) is 10.6 Å². The van der Waals surface area contributed by atoms with Gasteiger partial charge in [-0.15, -0.1) is 11.3 Å². The monoisotopic (exact) mass is 301 g/mol. The zero-order chi connectivity index (χ0) is 14.7. The molecule has 1 amide bonds. The predicted octanol–water partition coefficient (Wildman–Crippen LogP) is 2.11. The fraction of sp³-hybridized carbons (Fsp3) is 0.214. The summed E-state index contributed by atoms with van der Waals surface area (Å²) in [6, 6.07) is 3.93. The zero-order valence-electron chi connectivity index (χ0n) is 11.6. The minimum Gasteiger partial charge on any atom is -0.340 e. The third-order valence-electron chi connectivity index (χ3n) is 3.24. The summed E-state index contributed by atoms with van der Waals surface area (Å²) >= 11 is 1.58. The molecule has 0 aliphatic carbocycles. The van der Waals surface area contributed by atoms with E-state index in [0.29, 0.717) is 18.7 Å². The molecule has 21 heavy (non-hydrogen) atoms. The topological polar surface area (TPSA) is 66.8 Å². The fourth-order valence-electron chi connectivity index (χ4n) is 2.05. The average molecular weight is 301 g/mol. The van der Waals surface area contributed by atoms with Crippen molar-refractivity contribution in [3.8, 4) is 10.6 Å². The SMILES string of the molecule is CN(CCn1ccnc1)C(=O)c1cn[nH]c1-c1cccs1. The summed E-state index contributed by atoms with van der Waals surface area (Å²) in [6.45, 7) is 1.33. The summed E-state index contributed by atoms with van der Waals surface area (Å²) in [5.74, 6) is -0.0349. The molecular formula is C14H15N5OS. The Kier molecular flexibility index (Phi) is 3.83. The van der Waals surface area contributed by atoms with Gasteiger partial charge in [0.25, 0.3) is 5.91 Å². The molecule has 0 fully saturated rings. The van der Waals surface area contributed by atoms with Crippen LogP contribution in [0.15, 0.2) is 42.4 Å². The summed E-state index contributed by atoms with van der Waals surface area (Å²) in [7, 11) is 1.80. The van der Waals surface area contributed by atoms with Gasteiger partial charge < -0.3 is 9.47 Å². The molecule has 0 aliphatic heterocycles. The number of carbonyl (C=O) groups excluding carboxylic acids is 1. The number of amides is 1. The molecule has 0 unspecified atom stereocenters. The maximum Gasteiger partial charge on any atom is 0.257 e. The molecule has 108 valence electrons. The van der Waals surface area contributed by atoms with E-state index in [1.54, 1.807) is 42.0 Å². The molecule has 0 radical (unpaired) electrons. The van der Waals surface area contributed by atoms with Crippen molar-refractivity contribution in [2.24, 2.45) is 0 Å². The number of carbonyl (C=O) groups is 1. The first kappa shape index (κ1) is 13.6. The van der Waals surface area contributed by atoms with Crippen LogP contribution >= 0.6 is 11.3 Å². The van der Waals surface area contributed by atoms with Gasteiger partial charge in [0, 0.05) is 32.5 Å². The molecule has 3 heterocycles. The second-order valence-corrected chi connectivity index (χ2v) is 5.61. The Morgan fingerprint density at radius 1 is 1.52 bits per heavy atom. The lowest BCUT2D eigenvalue weighted by Crippen LogP contribution is -2.30. The normalized spacial score (nSPS) is 10.7. The Morgan fingerprint density at radius 3 is 3.14 bits per heavy atom. The Morgan fingerprint density at radius 2 is 2.43 bits per heavy atom. The zero-order valence-corrected chi connectivity index (χ0v) is 12.4. The van der Waals surface area contributed by atoms with E-state index in [1.165, 1.54) is 0 Å². The van der Waals surface area contributed by atoms with Gasteiger partial charge in [-0.2, -0.15) is 5.10 Å². The van der Waals surface area contributed by atoms with E-state index < -0.39 is 0 Å². The Balaban J connectivity index is 1.72. The van der Waals surface area contributed by atoms with Crippen LogP contribution in [0.25, 0.3) is 10.6 Å². The highest BCUT2D eigenvalue weighted by molar-refractivity contribution is 7.13. The third kappa shape index (κ3) is 2.87. The molecule has 0 aromatic carbocycles. The molecule has 3 aromatic rings. The first-order valence-electron chi connectivity index (χ1n) is 6.54. The van der Waals surface area contributed by atoms with Crippen LogP contribution in [-0.4, -0.2) is 44.1 Å². The average Bonchev–Trinajstić information content (AvgIpc) is 3.25. The van der Waals surface area contributed by atoms with Crippen LogP contribution < -0.4 is 0 Å². The molecule has 6 nitrogen and oxygen atoms in total. The van der Waals surface area contributed by atoms with E-state index >= 15 is 0 Å². The van der Waals surface area contributed by atoms with Crippen molar-refractivity contribution in [3.05, 3.63) is 48.0 Å². The van der Waals surface area contributed by atoms with E-state index in [-0.39, 0.29) is 5.91 Å². The molecule has 7 heteroatoms. The van der Waals surface area contributed by atoms with E-state index in [4.69, 9.17) is 0 Å². The third-order valence-corrected chi connectivity index (χ3v) is 4.12. The van der Waals surface area contributed by atoms with Crippen LogP contribution in [0, 0.1) is 0 Å². The van der Waals surface area contributed by atoms with Gasteiger partial charge in [0.2, 0.25) is 0 Å². The highest BCUT2D eigenvalue weighted by Crippen LogP contribution is 2.26. The summed E-state index contributed by atoms with van der Waals surface area (Å²) in [5, 5.41) is 8.90. The summed E-state index contributed by atoms with van der Waals surface area (Å²) in [5.41, 5.74) is 1.38. The van der Waals surface area contributed by atoms with E-state index in [1.807, 2.05) is 28.3 Å². The van der Waals surface area contributed by atoms with Crippen molar-refractivity contribution in [1.82, 2.24) is 24.6 Å². The number of aromatic amines is 1. The standard InChI is InChI=1S/C14H15N5OS/c1-18(6-7-19-5-4-15-10-19)14(20)11-9-16-17-13(11)12-3-2-8-21-12/h2-5,8-10H,6-7H2,1H3,(H,16,17). The first-order valence-corrected chi connectivity index (χ1v) is 7.42. The quantitative estimate of drug-likeness (QED) is 0.785. The Hall–Kier alpha value is -2.41. The highest BCUT2D eigenvalue weighted by atomic mass is 32.1. The fourth-order valence-corrected chi connectivity index (χ4v) is 2.78. The summed E-state index contributed by atoms with van der Waals surface area (Å²) in [6.07, 6.45) is 6.94. The van der Waals surface area contributed by atoms with Crippen molar-refractivity contribution in [2.45, 2.75) is 6.54 Å². The molecule has 3 rings (SSSR count). The van der Waals surface area contributed by atoms with E-state index in [9.17, 15) is 4.79 Å². The van der Waals surface area contributed by atoms with Crippen LogP contribution in [-0.2, 0) is 6.54 Å². The second-order valence-electron chi connectivity index (χ2n) is 4.66. The van der Waals surface area contributed by atoms with Gasteiger partial charge in [0.1, 0.15) is 0 Å². The number of imidazole rings is 1. The van der Waals surface area contributed by atoms with Crippen molar-refractivity contribution >= 4 is 17.2 Å². The molecule has 0 saturated carbocycles. The number of nitrogens with one attached hydrogen (secondary N) is 1. The summed E-state index contributed by atoms with van der Waals surface area (Å²) < 4.78 is 1.94. The van der Waals surface area contributed by atoms with Gasteiger partial charge in [-0.05, 0) is 11.4 Å². The molecule has 1 N–H and O–H groups in total. The molecule has 0 saturated heterocycles. The number of rotatable bonds is 5. The van der Waals surface area contributed by atoms with Crippen molar-refractivity contribution < 1.29 is 4.79 Å². The number of H-pyrrole nitrogens is 1. The van der Waals surface area contributed by atoms with Crippen LogP contribution in [0.2, 0.25) is 0 Å². The smallest absolute Gasteiger partial charge is 0.257 e. The maximum absolute atomic E-state index is 12.5. The van der Waals surface area contributed by atoms with Crippen molar-refractivity contribution in [3.63, 3.8) is 0 Å². The number of nitrogens with zero attached hydrogens (tertiary/aromatic N) is 4.